The van der Waals surface area contributed by atoms with Gasteiger partial charge in [0.25, 0.3) is 0 Å². The molecule has 1 aliphatic heterocycles. The molecule has 2 rings (SSSR count). The summed E-state index contributed by atoms with van der Waals surface area (Å²) < 4.78 is 20.3. The van der Waals surface area contributed by atoms with Crippen molar-refractivity contribution in [3.63, 3.8) is 0 Å². The first kappa shape index (κ1) is 4.14. The lowest BCUT2D eigenvalue weighted by Crippen LogP contribution is -2.08. The highest BCUT2D eigenvalue weighted by atomic mass is 16.5. The van der Waals surface area contributed by atoms with Crippen molar-refractivity contribution >= 4 is 0 Å². The highest BCUT2D eigenvalue weighted by molar-refractivity contribution is 5.27. The minimum absolute atomic E-state index is 0.317. The zero-order valence-corrected chi connectivity index (χ0v) is 5.58. The van der Waals surface area contributed by atoms with Crippen LogP contribution >= 0.6 is 0 Å². The van der Waals surface area contributed by atoms with Crippen molar-refractivity contribution < 1.29 is 7.48 Å². The van der Waals surface area contributed by atoms with Crippen LogP contribution in [0.4, 0.5) is 0 Å². The van der Waals surface area contributed by atoms with Crippen LogP contribution in [0.3, 0.4) is 0 Å². The van der Waals surface area contributed by atoms with E-state index in [0.717, 1.165) is 11.1 Å². The van der Waals surface area contributed by atoms with Crippen molar-refractivity contribution in [1.82, 2.24) is 0 Å². The van der Waals surface area contributed by atoms with Gasteiger partial charge >= 0.3 is 0 Å². The van der Waals surface area contributed by atoms with Crippen LogP contribution in [0.2, 0.25) is 0 Å². The molecule has 0 N–H and O–H groups in total. The highest BCUT2D eigenvalue weighted by Gasteiger charge is 2.06. The molecule has 0 aliphatic carbocycles. The van der Waals surface area contributed by atoms with Crippen molar-refractivity contribution in [3.05, 3.63) is 35.4 Å². The van der Waals surface area contributed by atoms with Gasteiger partial charge in [0.15, 0.2) is 0 Å². The summed E-state index contributed by atoms with van der Waals surface area (Å²) >= 11 is 0. The minimum atomic E-state index is -0.595. The van der Waals surface area contributed by atoms with Gasteiger partial charge in [-0.3, -0.25) is 0 Å². The normalized spacial score (nSPS) is 34.0. The Hall–Kier alpha value is -0.820. The number of rotatable bonds is 0. The lowest BCUT2D eigenvalue weighted by molar-refractivity contribution is 0.111. The molecule has 0 saturated carbocycles. The minimum Gasteiger partial charge on any atom is -0.376 e. The molecule has 0 fully saturated rings. The average molecular weight is 136 g/mol. The fourth-order valence-electron chi connectivity index (χ4n) is 1.08. The summed E-state index contributed by atoms with van der Waals surface area (Å²) in [4.78, 5) is 0. The molecule has 0 spiro atoms. The van der Waals surface area contributed by atoms with Crippen LogP contribution in [0, 0.1) is 0 Å². The molecule has 0 saturated heterocycles. The Labute approximate surface area is 63.4 Å². The van der Waals surface area contributed by atoms with Gasteiger partial charge in [-0.05, 0) is 17.5 Å². The fourth-order valence-corrected chi connectivity index (χ4v) is 1.08. The third-order valence-electron chi connectivity index (χ3n) is 1.61. The second-order valence-corrected chi connectivity index (χ2v) is 2.28. The van der Waals surface area contributed by atoms with Gasteiger partial charge in [0, 0.05) is 1.37 Å². The molecule has 1 aromatic rings. The zero-order chi connectivity index (χ0) is 8.55. The van der Waals surface area contributed by atoms with Crippen molar-refractivity contribution in [1.29, 1.82) is 0 Å². The SMILES string of the molecule is [2H]C1COC([2H])c2ccccc21. The van der Waals surface area contributed by atoms with Crippen LogP contribution in [0.25, 0.3) is 0 Å². The van der Waals surface area contributed by atoms with Crippen LogP contribution < -0.4 is 0 Å². The molecule has 0 amide bonds. The Balaban J connectivity index is 2.47. The van der Waals surface area contributed by atoms with Gasteiger partial charge in [0.05, 0.1) is 14.6 Å². The highest BCUT2D eigenvalue weighted by Crippen LogP contribution is 2.14. The summed E-state index contributed by atoms with van der Waals surface area (Å²) in [6.07, 6.45) is -0.317. The van der Waals surface area contributed by atoms with E-state index in [0.29, 0.717) is 6.61 Å². The monoisotopic (exact) mass is 136 g/mol. The van der Waals surface area contributed by atoms with E-state index in [1.54, 1.807) is 0 Å². The number of ether oxygens (including phenoxy) is 1. The van der Waals surface area contributed by atoms with E-state index in [2.05, 4.69) is 0 Å². The Morgan fingerprint density at radius 3 is 2.90 bits per heavy atom. The quantitative estimate of drug-likeness (QED) is 0.528. The van der Waals surface area contributed by atoms with Crippen molar-refractivity contribution in [2.75, 3.05) is 6.61 Å². The molecule has 10 heavy (non-hydrogen) atoms. The summed E-state index contributed by atoms with van der Waals surface area (Å²) in [5, 5.41) is 0. The second-order valence-electron chi connectivity index (χ2n) is 2.28. The summed E-state index contributed by atoms with van der Waals surface area (Å²) in [5.74, 6) is 0. The van der Waals surface area contributed by atoms with E-state index >= 15 is 0 Å². The molecule has 1 heterocycles. The predicted octanol–water partition coefficient (Wildman–Crippen LogP) is 1.76. The first-order valence-electron chi connectivity index (χ1n) is 4.49. The van der Waals surface area contributed by atoms with E-state index in [9.17, 15) is 0 Å². The van der Waals surface area contributed by atoms with Gasteiger partial charge in [-0.15, -0.1) is 0 Å². The lowest BCUT2D eigenvalue weighted by Gasteiger charge is -2.14. The first-order chi connectivity index (χ1) is 5.79. The zero-order valence-electron chi connectivity index (χ0n) is 7.58. The van der Waals surface area contributed by atoms with Gasteiger partial charge in [-0.25, -0.2) is 0 Å². The Bertz CT molecular complexity index is 259. The van der Waals surface area contributed by atoms with E-state index in [1.165, 1.54) is 0 Å². The maximum absolute atomic E-state index is 7.64. The van der Waals surface area contributed by atoms with E-state index in [1.807, 2.05) is 24.3 Å². The van der Waals surface area contributed by atoms with Gasteiger partial charge < -0.3 is 4.74 Å². The Morgan fingerprint density at radius 2 is 2.10 bits per heavy atom. The van der Waals surface area contributed by atoms with E-state index in [-0.39, 0.29) is 6.40 Å². The molecule has 1 nitrogen and oxygen atoms in total. The number of hydrogen-bond donors (Lipinski definition) is 0. The molecule has 0 bridgehead atoms. The summed E-state index contributed by atoms with van der Waals surface area (Å²) in [7, 11) is 0. The molecule has 1 aliphatic rings. The molecular formula is C9H10O. The van der Waals surface area contributed by atoms with Crippen LogP contribution in [0.1, 0.15) is 13.9 Å². The standard InChI is InChI=1S/C9H10O/c1-2-4-9-7-10-6-5-8(9)3-1/h1-4H,5-7H2/i5D,7D. The largest absolute Gasteiger partial charge is 0.376 e. The predicted molar refractivity (Wildman–Crippen MR) is 39.8 cm³/mol. The number of benzene rings is 1. The summed E-state index contributed by atoms with van der Waals surface area (Å²) in [6, 6.07) is 7.53. The van der Waals surface area contributed by atoms with Gasteiger partial charge in [-0.1, -0.05) is 24.3 Å². The molecule has 52 valence electrons. The molecule has 0 radical (unpaired) electrons. The molecule has 2 atom stereocenters. The fraction of sp³-hybridized carbons (Fsp3) is 0.333. The van der Waals surface area contributed by atoms with E-state index in [4.69, 9.17) is 7.48 Å². The van der Waals surface area contributed by atoms with Crippen LogP contribution in [0.5, 0.6) is 0 Å². The Morgan fingerprint density at radius 1 is 1.30 bits per heavy atom. The number of hydrogen-bond acceptors (Lipinski definition) is 1. The maximum atomic E-state index is 7.64. The maximum Gasteiger partial charge on any atom is 0.0719 e. The van der Waals surface area contributed by atoms with Crippen LogP contribution in [-0.4, -0.2) is 6.61 Å². The van der Waals surface area contributed by atoms with Gasteiger partial charge in [0.2, 0.25) is 0 Å². The van der Waals surface area contributed by atoms with Crippen LogP contribution in [-0.2, 0) is 17.7 Å². The average Bonchev–Trinajstić information content (AvgIpc) is 2.12. The second kappa shape index (κ2) is 2.43. The smallest absolute Gasteiger partial charge is 0.0719 e. The topological polar surface area (TPSA) is 9.23 Å². The van der Waals surface area contributed by atoms with Crippen molar-refractivity contribution in [3.8, 4) is 0 Å². The molecule has 1 aromatic carbocycles. The Kier molecular flexibility index (Phi) is 1.01. The first-order valence-corrected chi connectivity index (χ1v) is 3.34. The molecule has 1 heteroatoms. The van der Waals surface area contributed by atoms with Gasteiger partial charge in [0.1, 0.15) is 0 Å². The van der Waals surface area contributed by atoms with E-state index < -0.39 is 6.58 Å². The molecule has 2 unspecified atom stereocenters. The summed E-state index contributed by atoms with van der Waals surface area (Å²) in [6.45, 7) is -0.256. The third-order valence-corrected chi connectivity index (χ3v) is 1.61. The van der Waals surface area contributed by atoms with Crippen molar-refractivity contribution in [2.24, 2.45) is 0 Å². The van der Waals surface area contributed by atoms with Gasteiger partial charge in [-0.2, -0.15) is 0 Å². The number of fused-ring (bicyclic) bond motifs is 1. The van der Waals surface area contributed by atoms with Crippen molar-refractivity contribution in [2.45, 2.75) is 13.0 Å². The molecular weight excluding hydrogens is 124 g/mol. The molecule has 0 aromatic heterocycles. The lowest BCUT2D eigenvalue weighted by atomic mass is 10.0. The third kappa shape index (κ3) is 0.929. The van der Waals surface area contributed by atoms with Crippen LogP contribution in [0.15, 0.2) is 24.3 Å². The summed E-state index contributed by atoms with van der Waals surface area (Å²) in [5.41, 5.74) is 1.77.